The van der Waals surface area contributed by atoms with Crippen LogP contribution in [0.3, 0.4) is 0 Å². The van der Waals surface area contributed by atoms with E-state index < -0.39 is 52.3 Å². The van der Waals surface area contributed by atoms with Crippen molar-refractivity contribution in [2.45, 2.75) is 107 Å². The first kappa shape index (κ1) is 32.3. The van der Waals surface area contributed by atoms with Crippen molar-refractivity contribution in [2.24, 2.45) is 22.2 Å². The molecule has 0 aromatic rings. The lowest BCUT2D eigenvalue weighted by Gasteiger charge is -2.40. The second-order valence-corrected chi connectivity index (χ2v) is 14.3. The molecule has 0 aliphatic carbocycles. The summed E-state index contributed by atoms with van der Waals surface area (Å²) in [6.45, 7) is 19.0. The standard InChI is InChI=1S/C29H48N4O6/c1-17(2)11-18-12-19(25(37)38)32(15-18)24(36)23(28(6,7)8)31-26(39)30-20(27(3,4)5)16-33-21(34)13-29(9,10)14-22(33)35/h11,18-20,23H,12-16H2,1-10H3,(H,37,38)(H2,30,31,39)/t18-,19?,20-,23-/m1/s1. The number of piperidine rings is 1. The maximum absolute atomic E-state index is 13.7. The fraction of sp³-hybridized carbons (Fsp3) is 0.759. The lowest BCUT2D eigenvalue weighted by atomic mass is 9.80. The van der Waals surface area contributed by atoms with E-state index in [2.05, 4.69) is 10.6 Å². The quantitative estimate of drug-likeness (QED) is 0.329. The number of nitrogens with zero attached hydrogens (tertiary/aromatic N) is 2. The summed E-state index contributed by atoms with van der Waals surface area (Å²) in [4.78, 5) is 67.1. The minimum Gasteiger partial charge on any atom is -0.480 e. The molecule has 0 bridgehead atoms. The molecule has 0 aromatic carbocycles. The number of amides is 5. The van der Waals surface area contributed by atoms with Crippen LogP contribution in [0.15, 0.2) is 11.6 Å². The van der Waals surface area contributed by atoms with Gasteiger partial charge in [0, 0.05) is 25.9 Å². The number of likely N-dealkylation sites (tertiary alicyclic amines) is 2. The second kappa shape index (κ2) is 11.7. The Hall–Kier alpha value is -2.91. The molecule has 2 saturated heterocycles. The smallest absolute Gasteiger partial charge is 0.326 e. The van der Waals surface area contributed by atoms with Gasteiger partial charge in [-0.3, -0.25) is 19.3 Å². The third-order valence-electron chi connectivity index (χ3n) is 7.44. The monoisotopic (exact) mass is 548 g/mol. The lowest BCUT2D eigenvalue weighted by molar-refractivity contribution is -0.153. The third-order valence-corrected chi connectivity index (χ3v) is 7.44. The van der Waals surface area contributed by atoms with E-state index in [1.54, 1.807) is 0 Å². The summed E-state index contributed by atoms with van der Waals surface area (Å²) in [5.41, 5.74) is -0.576. The molecule has 2 aliphatic heterocycles. The lowest BCUT2D eigenvalue weighted by Crippen LogP contribution is -2.61. The number of urea groups is 1. The van der Waals surface area contributed by atoms with Gasteiger partial charge in [-0.15, -0.1) is 0 Å². The fourth-order valence-corrected chi connectivity index (χ4v) is 5.22. The number of carbonyl (C=O) groups excluding carboxylic acids is 4. The van der Waals surface area contributed by atoms with Crippen molar-refractivity contribution >= 4 is 29.7 Å². The molecule has 0 saturated carbocycles. The Balaban J connectivity index is 2.24. The van der Waals surface area contributed by atoms with Crippen LogP contribution in [0.5, 0.6) is 0 Å². The van der Waals surface area contributed by atoms with Crippen LogP contribution in [0.1, 0.15) is 88.5 Å². The molecule has 2 rings (SSSR count). The zero-order valence-electron chi connectivity index (χ0n) is 25.3. The molecule has 0 radical (unpaired) electrons. The molecule has 10 heteroatoms. The van der Waals surface area contributed by atoms with Crippen molar-refractivity contribution in [3.8, 4) is 0 Å². The Morgan fingerprint density at radius 3 is 1.97 bits per heavy atom. The van der Waals surface area contributed by atoms with Crippen LogP contribution in [0.25, 0.3) is 0 Å². The summed E-state index contributed by atoms with van der Waals surface area (Å²) in [5.74, 6) is -2.14. The van der Waals surface area contributed by atoms with Crippen molar-refractivity contribution in [1.29, 1.82) is 0 Å². The van der Waals surface area contributed by atoms with Crippen LogP contribution >= 0.6 is 0 Å². The minimum absolute atomic E-state index is 0.0242. The predicted molar refractivity (Wildman–Crippen MR) is 149 cm³/mol. The minimum atomic E-state index is -1.07. The maximum atomic E-state index is 13.7. The number of carboxylic acids is 1. The van der Waals surface area contributed by atoms with Gasteiger partial charge < -0.3 is 20.6 Å². The Morgan fingerprint density at radius 2 is 1.54 bits per heavy atom. The van der Waals surface area contributed by atoms with Crippen LogP contribution in [0.2, 0.25) is 0 Å². The summed E-state index contributed by atoms with van der Waals surface area (Å²) < 4.78 is 0. The average Bonchev–Trinajstić information content (AvgIpc) is 3.14. The molecule has 220 valence electrons. The zero-order valence-corrected chi connectivity index (χ0v) is 25.3. The van der Waals surface area contributed by atoms with E-state index in [9.17, 15) is 29.1 Å². The van der Waals surface area contributed by atoms with E-state index in [1.165, 1.54) is 9.80 Å². The number of carboxylic acid groups (broad SMARTS) is 1. The molecule has 2 heterocycles. The molecule has 1 unspecified atom stereocenters. The highest BCUT2D eigenvalue weighted by Crippen LogP contribution is 2.33. The summed E-state index contributed by atoms with van der Waals surface area (Å²) in [6, 6.07) is -3.17. The highest BCUT2D eigenvalue weighted by Gasteiger charge is 2.45. The number of rotatable bonds is 7. The van der Waals surface area contributed by atoms with Gasteiger partial charge in [0.05, 0.1) is 6.04 Å². The molecule has 4 atom stereocenters. The first-order chi connectivity index (χ1) is 17.6. The highest BCUT2D eigenvalue weighted by atomic mass is 16.4. The molecule has 0 spiro atoms. The molecule has 2 fully saturated rings. The molecular weight excluding hydrogens is 500 g/mol. The molecule has 3 N–H and O–H groups in total. The SMILES string of the molecule is CC(C)=C[C@@H]1CC(C(=O)O)N(C(=O)[C@@H](NC(=O)N[C@H](CN2C(=O)CC(C)(C)CC2=O)C(C)(C)C)C(C)(C)C)C1. The molecule has 0 aromatic heterocycles. The molecule has 39 heavy (non-hydrogen) atoms. The van der Waals surface area contributed by atoms with E-state index in [0.717, 1.165) is 5.57 Å². The van der Waals surface area contributed by atoms with E-state index in [1.807, 2.05) is 75.3 Å². The van der Waals surface area contributed by atoms with Crippen LogP contribution in [0, 0.1) is 22.2 Å². The zero-order chi connectivity index (χ0) is 30.1. The maximum Gasteiger partial charge on any atom is 0.326 e. The van der Waals surface area contributed by atoms with E-state index >= 15 is 0 Å². The average molecular weight is 549 g/mol. The van der Waals surface area contributed by atoms with E-state index in [4.69, 9.17) is 0 Å². The Kier molecular flexibility index (Phi) is 9.67. The number of allylic oxidation sites excluding steroid dienone is 1. The van der Waals surface area contributed by atoms with Gasteiger partial charge in [-0.1, -0.05) is 67.0 Å². The Morgan fingerprint density at radius 1 is 1.00 bits per heavy atom. The number of aliphatic carboxylic acids is 1. The first-order valence-corrected chi connectivity index (χ1v) is 13.7. The molecule has 5 amide bonds. The van der Waals surface area contributed by atoms with Crippen LogP contribution < -0.4 is 10.6 Å². The summed E-state index contributed by atoms with van der Waals surface area (Å²) in [5, 5.41) is 15.5. The second-order valence-electron chi connectivity index (χ2n) is 14.3. The summed E-state index contributed by atoms with van der Waals surface area (Å²) in [7, 11) is 0. The van der Waals surface area contributed by atoms with Crippen LogP contribution in [-0.2, 0) is 19.2 Å². The largest absolute Gasteiger partial charge is 0.480 e. The van der Waals surface area contributed by atoms with Gasteiger partial charge in [0.25, 0.3) is 0 Å². The van der Waals surface area contributed by atoms with Gasteiger partial charge >= 0.3 is 12.0 Å². The van der Waals surface area contributed by atoms with Crippen molar-refractivity contribution < 1.29 is 29.1 Å². The molecule has 10 nitrogen and oxygen atoms in total. The van der Waals surface area contributed by atoms with Crippen molar-refractivity contribution in [2.75, 3.05) is 13.1 Å². The Bertz CT molecular complexity index is 996. The van der Waals surface area contributed by atoms with Gasteiger partial charge in [-0.05, 0) is 42.4 Å². The first-order valence-electron chi connectivity index (χ1n) is 13.7. The van der Waals surface area contributed by atoms with Gasteiger partial charge in [-0.25, -0.2) is 9.59 Å². The highest BCUT2D eigenvalue weighted by molar-refractivity contribution is 5.98. The molecule has 2 aliphatic rings. The summed E-state index contributed by atoms with van der Waals surface area (Å²) in [6.07, 6.45) is 2.79. The van der Waals surface area contributed by atoms with Gasteiger partial charge in [0.15, 0.2) is 0 Å². The van der Waals surface area contributed by atoms with Crippen LogP contribution in [0.4, 0.5) is 4.79 Å². The normalized spacial score (nSPS) is 23.2. The van der Waals surface area contributed by atoms with Crippen molar-refractivity contribution in [3.63, 3.8) is 0 Å². The van der Waals surface area contributed by atoms with Gasteiger partial charge in [-0.2, -0.15) is 0 Å². The van der Waals surface area contributed by atoms with E-state index in [-0.39, 0.29) is 43.7 Å². The number of hydrogen-bond donors (Lipinski definition) is 3. The topological polar surface area (TPSA) is 136 Å². The number of hydrogen-bond acceptors (Lipinski definition) is 5. The third kappa shape index (κ3) is 8.54. The van der Waals surface area contributed by atoms with E-state index in [0.29, 0.717) is 6.42 Å². The Labute approximate surface area is 232 Å². The number of nitrogens with one attached hydrogen (secondary N) is 2. The molecular formula is C29H48N4O6. The van der Waals surface area contributed by atoms with Gasteiger partial charge in [0.2, 0.25) is 17.7 Å². The summed E-state index contributed by atoms with van der Waals surface area (Å²) >= 11 is 0. The fourth-order valence-electron chi connectivity index (χ4n) is 5.22. The van der Waals surface area contributed by atoms with Crippen molar-refractivity contribution in [3.05, 3.63) is 11.6 Å². The predicted octanol–water partition coefficient (Wildman–Crippen LogP) is 3.56. The van der Waals surface area contributed by atoms with Gasteiger partial charge in [0.1, 0.15) is 12.1 Å². The number of imide groups is 1. The van der Waals surface area contributed by atoms with Crippen molar-refractivity contribution in [1.82, 2.24) is 20.4 Å². The number of carbonyl (C=O) groups is 5. The van der Waals surface area contributed by atoms with Crippen LogP contribution in [-0.4, -0.2) is 75.8 Å².